The fourth-order valence-corrected chi connectivity index (χ4v) is 2.77. The number of esters is 2. The molecule has 35 heavy (non-hydrogen) atoms. The molecule has 4 unspecified atom stereocenters. The summed E-state index contributed by atoms with van der Waals surface area (Å²) in [7, 11) is -11.1. The molecule has 23 heteroatoms. The van der Waals surface area contributed by atoms with Crippen molar-refractivity contribution in [1.29, 1.82) is 0 Å². The molecule has 0 fully saturated rings. The van der Waals surface area contributed by atoms with Gasteiger partial charge in [-0.2, -0.15) is 0 Å². The van der Waals surface area contributed by atoms with E-state index in [1.807, 2.05) is 0 Å². The number of rotatable bonds is 8. The van der Waals surface area contributed by atoms with Gasteiger partial charge in [0.1, 0.15) is 40.1 Å². The fourth-order valence-electron chi connectivity index (χ4n) is 1.99. The second-order valence-corrected chi connectivity index (χ2v) is 7.77. The number of hydrogen-bond acceptors (Lipinski definition) is 18. The van der Waals surface area contributed by atoms with Crippen LogP contribution in [0.3, 0.4) is 0 Å². The molecule has 0 radical (unpaired) electrons. The molecule has 4 atom stereocenters. The smallest absolute Gasteiger partial charge is 0.870 e. The van der Waals surface area contributed by atoms with Crippen molar-refractivity contribution in [1.82, 2.24) is 0 Å². The molecule has 184 valence electrons. The largest absolute Gasteiger partial charge is 2.00 e. The molecule has 2 heterocycles. The van der Waals surface area contributed by atoms with Gasteiger partial charge in [-0.15, -0.1) is 0 Å². The maximum Gasteiger partial charge on any atom is 2.00 e. The van der Waals surface area contributed by atoms with Crippen molar-refractivity contribution in [3.63, 3.8) is 0 Å². The Bertz CT molecular complexity index is 823. The summed E-state index contributed by atoms with van der Waals surface area (Å²) < 4.78 is 36.0. The monoisotopic (exact) mass is 578 g/mol. The fraction of sp³-hybridized carbons (Fsp3) is 0.500. The normalized spacial score (nSPS) is 21.3. The Hall–Kier alpha value is 0.0587. The zero-order valence-electron chi connectivity index (χ0n) is 17.2. The molecule has 0 aromatic rings. The van der Waals surface area contributed by atoms with Crippen molar-refractivity contribution < 1.29 is 87.5 Å². The standard InChI is InChI=1S/2C6H9O9P.3Mg/c2*7-1-2(8)4-3(9)5(6(10)14-4)15-16(11,12)13;;;/h2*2,4,7-9H,1H2,(H2,11,12,13);;;/q;;3*+2/p-6. The van der Waals surface area contributed by atoms with Gasteiger partial charge in [0.2, 0.25) is 11.5 Å². The van der Waals surface area contributed by atoms with Crippen molar-refractivity contribution in [3.05, 3.63) is 23.0 Å². The first-order valence-corrected chi connectivity index (χ1v) is 10.7. The molecule has 2 aliphatic rings. The first-order chi connectivity index (χ1) is 14.5. The van der Waals surface area contributed by atoms with Gasteiger partial charge >= 0.3 is 81.1 Å². The number of hydrogen-bond donors (Lipinski definition) is 4. The first kappa shape index (κ1) is 39.6. The zero-order chi connectivity index (χ0) is 25.0. The third-order valence-corrected chi connectivity index (χ3v) is 4.09. The SMILES string of the molecule is O=C1OC(C(O)CO)C([O-])=C1OP(=O)([O-])[O-].O=C1OC(C(O)CO)C([O-])=C1OP(=O)([O-])[O-].[Mg+2].[Mg+2].[Mg+2]. The van der Waals surface area contributed by atoms with Crippen LogP contribution in [0.25, 0.3) is 0 Å². The van der Waals surface area contributed by atoms with E-state index in [0.717, 1.165) is 0 Å². The average Bonchev–Trinajstić information content (AvgIpc) is 3.10. The Labute approximate surface area is 243 Å². The number of cyclic esters (lactones) is 2. The first-order valence-electron chi connectivity index (χ1n) is 7.77. The Morgan fingerprint density at radius 2 is 1.00 bits per heavy atom. The van der Waals surface area contributed by atoms with E-state index in [1.54, 1.807) is 0 Å². The molecule has 0 amide bonds. The molecule has 18 nitrogen and oxygen atoms in total. The predicted octanol–water partition coefficient (Wildman–Crippen LogP) is -9.78. The minimum absolute atomic E-state index is 0. The quantitative estimate of drug-likeness (QED) is 0.118. The van der Waals surface area contributed by atoms with Gasteiger partial charge in [-0.05, 0) is 11.5 Å². The van der Waals surface area contributed by atoms with Crippen LogP contribution in [0.5, 0.6) is 0 Å². The van der Waals surface area contributed by atoms with E-state index >= 15 is 0 Å². The zero-order valence-corrected chi connectivity index (χ0v) is 23.3. The van der Waals surface area contributed by atoms with Crippen LogP contribution in [-0.4, -0.2) is 139 Å². The maximum absolute atomic E-state index is 11.2. The minimum Gasteiger partial charge on any atom is -0.870 e. The topological polar surface area (TPSA) is 324 Å². The van der Waals surface area contributed by atoms with Crippen LogP contribution in [-0.2, 0) is 37.2 Å². The van der Waals surface area contributed by atoms with Crippen molar-refractivity contribution in [3.8, 4) is 0 Å². The van der Waals surface area contributed by atoms with E-state index < -0.39 is 88.3 Å². The molecule has 0 saturated heterocycles. The number of phosphoric acid groups is 2. The summed E-state index contributed by atoms with van der Waals surface area (Å²) in [5, 5.41) is 57.5. The predicted molar refractivity (Wildman–Crippen MR) is 94.6 cm³/mol. The van der Waals surface area contributed by atoms with Crippen molar-refractivity contribution >= 4 is 96.7 Å². The summed E-state index contributed by atoms with van der Waals surface area (Å²) in [6.07, 6.45) is -6.96. The van der Waals surface area contributed by atoms with E-state index in [1.165, 1.54) is 0 Å². The molecule has 4 N–H and O–H groups in total. The van der Waals surface area contributed by atoms with E-state index in [0.29, 0.717) is 0 Å². The van der Waals surface area contributed by atoms with Crippen LogP contribution in [0, 0.1) is 0 Å². The van der Waals surface area contributed by atoms with Crippen LogP contribution < -0.4 is 29.8 Å². The van der Waals surface area contributed by atoms with Gasteiger partial charge in [-0.25, -0.2) is 9.59 Å². The summed E-state index contributed by atoms with van der Waals surface area (Å²) in [5.74, 6) is -8.20. The summed E-state index contributed by atoms with van der Waals surface area (Å²) in [6.45, 7) is -1.77. The van der Waals surface area contributed by atoms with Gasteiger partial charge in [0.25, 0.3) is 0 Å². The van der Waals surface area contributed by atoms with Gasteiger partial charge in [0, 0.05) is 0 Å². The van der Waals surface area contributed by atoms with Crippen LogP contribution in [0.1, 0.15) is 0 Å². The Morgan fingerprint density at radius 3 is 1.20 bits per heavy atom. The van der Waals surface area contributed by atoms with E-state index in [2.05, 4.69) is 18.5 Å². The number of carbonyl (C=O) groups is 2. The van der Waals surface area contributed by atoms with Crippen LogP contribution in [0.15, 0.2) is 23.0 Å². The number of aliphatic hydroxyl groups is 4. The second kappa shape index (κ2) is 16.1. The van der Waals surface area contributed by atoms with Gasteiger partial charge < -0.3 is 77.9 Å². The summed E-state index contributed by atoms with van der Waals surface area (Å²) >= 11 is 0. The van der Waals surface area contributed by atoms with E-state index in [-0.39, 0.29) is 69.2 Å². The Balaban J connectivity index is -0.000000539. The van der Waals surface area contributed by atoms with Gasteiger partial charge in [0.15, 0.2) is 0 Å². The third kappa shape index (κ3) is 12.0. The Morgan fingerprint density at radius 1 is 0.743 bits per heavy atom. The average molecular weight is 579 g/mol. The van der Waals surface area contributed by atoms with Crippen molar-refractivity contribution in [2.75, 3.05) is 13.2 Å². The molecule has 2 rings (SSSR count). The number of aliphatic hydroxyl groups excluding tert-OH is 4. The van der Waals surface area contributed by atoms with E-state index in [4.69, 9.17) is 20.4 Å². The van der Waals surface area contributed by atoms with E-state index in [9.17, 15) is 48.5 Å². The maximum atomic E-state index is 11.2. The Kier molecular flexibility index (Phi) is 18.2. The summed E-state index contributed by atoms with van der Waals surface area (Å²) in [6, 6.07) is 0. The van der Waals surface area contributed by atoms with Gasteiger partial charge in [0.05, 0.1) is 13.2 Å². The number of ether oxygens (including phenoxy) is 2. The molecule has 0 saturated carbocycles. The number of carbonyl (C=O) groups excluding carboxylic acids is 2. The molecular weight excluding hydrogens is 567 g/mol. The second-order valence-electron chi connectivity index (χ2n) is 5.62. The van der Waals surface area contributed by atoms with Crippen molar-refractivity contribution in [2.45, 2.75) is 24.4 Å². The molecule has 0 aromatic heterocycles. The molecule has 0 spiro atoms. The summed E-state index contributed by atoms with van der Waals surface area (Å²) in [4.78, 5) is 62.5. The molecule has 2 aliphatic heterocycles. The van der Waals surface area contributed by atoms with Gasteiger partial charge in [-0.3, -0.25) is 0 Å². The van der Waals surface area contributed by atoms with Crippen LogP contribution in [0.2, 0.25) is 0 Å². The molecule has 0 aromatic carbocycles. The molecule has 0 aliphatic carbocycles. The minimum atomic E-state index is -5.56. The third-order valence-electron chi connectivity index (χ3n) is 3.28. The van der Waals surface area contributed by atoms with Crippen LogP contribution in [0.4, 0.5) is 0 Å². The van der Waals surface area contributed by atoms with Gasteiger partial charge in [-0.1, -0.05) is 0 Å². The van der Waals surface area contributed by atoms with Crippen molar-refractivity contribution in [2.24, 2.45) is 0 Å². The molecule has 0 bridgehead atoms. The molecular formula is C12H12Mg3O18P2. The van der Waals surface area contributed by atoms with Crippen LogP contribution >= 0.6 is 15.6 Å². The summed E-state index contributed by atoms with van der Waals surface area (Å²) in [5.41, 5.74) is 0. The number of phosphoric ester groups is 2.